The molecule has 1 aromatic rings. The smallest absolute Gasteiger partial charge is 0.329 e. The summed E-state index contributed by atoms with van der Waals surface area (Å²) in [7, 11) is 3.71. The van der Waals surface area contributed by atoms with Crippen LogP contribution >= 0.6 is 0 Å². The number of amides is 1. The highest BCUT2D eigenvalue weighted by Gasteiger charge is 2.38. The Bertz CT molecular complexity index is 510. The van der Waals surface area contributed by atoms with Gasteiger partial charge in [-0.2, -0.15) is 0 Å². The summed E-state index contributed by atoms with van der Waals surface area (Å²) in [5.74, 6) is -4.20. The Kier molecular flexibility index (Phi) is 5.25. The first-order valence-electron chi connectivity index (χ1n) is 5.92. The molecule has 0 aliphatic rings. The summed E-state index contributed by atoms with van der Waals surface area (Å²) < 4.78 is 8.97. The van der Waals surface area contributed by atoms with E-state index in [-0.39, 0.29) is 0 Å². The van der Waals surface area contributed by atoms with Gasteiger partial charge >= 0.3 is 11.9 Å². The van der Waals surface area contributed by atoms with Gasteiger partial charge in [-0.25, -0.2) is 0 Å². The summed E-state index contributed by atoms with van der Waals surface area (Å²) in [6.07, 6.45) is 0. The molecule has 0 heterocycles. The van der Waals surface area contributed by atoms with Crippen LogP contribution in [0.4, 0.5) is 5.69 Å². The Hall–Kier alpha value is -2.37. The maximum absolute atomic E-state index is 12.3. The number of hydrogen-bond donors (Lipinski definition) is 0. The zero-order valence-corrected chi connectivity index (χ0v) is 11.9. The van der Waals surface area contributed by atoms with E-state index in [1.165, 1.54) is 11.9 Å². The van der Waals surface area contributed by atoms with Crippen LogP contribution < -0.4 is 4.90 Å². The minimum Gasteiger partial charge on any atom is -0.468 e. The number of rotatable bonds is 4. The van der Waals surface area contributed by atoms with Crippen LogP contribution in [-0.2, 0) is 23.9 Å². The Morgan fingerprint density at radius 2 is 1.55 bits per heavy atom. The number of benzene rings is 1. The second kappa shape index (κ2) is 6.70. The summed E-state index contributed by atoms with van der Waals surface area (Å²) >= 11 is 0. The molecule has 1 rings (SSSR count). The minimum atomic E-state index is -1.62. The first kappa shape index (κ1) is 15.7. The lowest BCUT2D eigenvalue weighted by Gasteiger charge is -2.22. The minimum absolute atomic E-state index is 0.607. The molecule has 0 radical (unpaired) electrons. The zero-order chi connectivity index (χ0) is 15.3. The molecule has 1 aromatic carbocycles. The van der Waals surface area contributed by atoms with Crippen molar-refractivity contribution >= 4 is 23.5 Å². The Balaban J connectivity index is 3.10. The highest BCUT2D eigenvalue weighted by molar-refractivity contribution is 6.18. The molecule has 0 spiro atoms. The van der Waals surface area contributed by atoms with E-state index in [0.29, 0.717) is 5.69 Å². The summed E-state index contributed by atoms with van der Waals surface area (Å²) in [6.45, 7) is 1.82. The average Bonchev–Trinajstić information content (AvgIpc) is 2.46. The van der Waals surface area contributed by atoms with Crippen LogP contribution in [0.15, 0.2) is 24.3 Å². The quantitative estimate of drug-likeness (QED) is 0.605. The van der Waals surface area contributed by atoms with Crippen molar-refractivity contribution in [2.45, 2.75) is 6.92 Å². The highest BCUT2D eigenvalue weighted by Crippen LogP contribution is 2.20. The van der Waals surface area contributed by atoms with Gasteiger partial charge in [0.1, 0.15) is 0 Å². The number of esters is 2. The van der Waals surface area contributed by atoms with Crippen molar-refractivity contribution in [3.05, 3.63) is 29.8 Å². The van der Waals surface area contributed by atoms with E-state index in [1.54, 1.807) is 12.1 Å². The second-order valence-electron chi connectivity index (χ2n) is 4.16. The first-order valence-corrected chi connectivity index (χ1v) is 5.92. The number of carbonyl (C=O) groups is 3. The van der Waals surface area contributed by atoms with Gasteiger partial charge in [0.25, 0.3) is 5.91 Å². The molecular weight excluding hydrogens is 262 g/mol. The Morgan fingerprint density at radius 1 is 1.05 bits per heavy atom. The van der Waals surface area contributed by atoms with Crippen LogP contribution in [-0.4, -0.2) is 39.1 Å². The van der Waals surface area contributed by atoms with Crippen molar-refractivity contribution in [1.82, 2.24) is 0 Å². The lowest BCUT2D eigenvalue weighted by atomic mass is 10.1. The summed E-state index contributed by atoms with van der Waals surface area (Å²) in [5.41, 5.74) is 1.45. The number of ether oxygens (including phenoxy) is 2. The predicted octanol–water partition coefficient (Wildman–Crippen LogP) is 0.920. The third kappa shape index (κ3) is 3.14. The number of nitrogens with zero attached hydrogens (tertiary/aromatic N) is 1. The fourth-order valence-corrected chi connectivity index (χ4v) is 1.79. The molecule has 0 fully saturated rings. The van der Waals surface area contributed by atoms with E-state index in [1.807, 2.05) is 19.1 Å². The average molecular weight is 279 g/mol. The van der Waals surface area contributed by atoms with Gasteiger partial charge in [-0.3, -0.25) is 14.4 Å². The normalized spacial score (nSPS) is 10.1. The number of para-hydroxylation sites is 1. The fourth-order valence-electron chi connectivity index (χ4n) is 1.79. The Labute approximate surface area is 117 Å². The molecule has 0 bridgehead atoms. The fraction of sp³-hybridized carbons (Fsp3) is 0.357. The maximum atomic E-state index is 12.3. The number of anilines is 1. The molecular formula is C14H17NO5. The number of hydrogen-bond acceptors (Lipinski definition) is 5. The molecule has 0 aliphatic carbocycles. The van der Waals surface area contributed by atoms with Gasteiger partial charge in [-0.05, 0) is 18.6 Å². The third-order valence-corrected chi connectivity index (χ3v) is 2.93. The monoisotopic (exact) mass is 279 g/mol. The van der Waals surface area contributed by atoms with Crippen LogP contribution in [0.25, 0.3) is 0 Å². The van der Waals surface area contributed by atoms with E-state index in [0.717, 1.165) is 19.8 Å². The van der Waals surface area contributed by atoms with E-state index in [4.69, 9.17) is 0 Å². The van der Waals surface area contributed by atoms with Crippen molar-refractivity contribution < 1.29 is 23.9 Å². The molecule has 20 heavy (non-hydrogen) atoms. The summed E-state index contributed by atoms with van der Waals surface area (Å²) in [6, 6.07) is 7.13. The molecule has 0 aromatic heterocycles. The van der Waals surface area contributed by atoms with Crippen molar-refractivity contribution in [2.75, 3.05) is 26.2 Å². The van der Waals surface area contributed by atoms with Gasteiger partial charge in [-0.1, -0.05) is 18.2 Å². The standard InChI is InChI=1S/C14H17NO5/c1-9-7-5-6-8-10(9)15(2)12(16)11(13(17)19-3)14(18)20-4/h5-8,11H,1-4H3. The molecule has 0 unspecified atom stereocenters. The van der Waals surface area contributed by atoms with E-state index < -0.39 is 23.8 Å². The molecule has 108 valence electrons. The molecule has 1 amide bonds. The van der Waals surface area contributed by atoms with Crippen LogP contribution in [0.3, 0.4) is 0 Å². The Morgan fingerprint density at radius 3 is 2.00 bits per heavy atom. The lowest BCUT2D eigenvalue weighted by Crippen LogP contribution is -2.42. The van der Waals surface area contributed by atoms with Crippen LogP contribution in [0, 0.1) is 12.8 Å². The van der Waals surface area contributed by atoms with Crippen LogP contribution in [0.5, 0.6) is 0 Å². The van der Waals surface area contributed by atoms with Crippen molar-refractivity contribution in [2.24, 2.45) is 5.92 Å². The molecule has 6 nitrogen and oxygen atoms in total. The molecule has 0 saturated heterocycles. The van der Waals surface area contributed by atoms with Crippen molar-refractivity contribution in [3.8, 4) is 0 Å². The van der Waals surface area contributed by atoms with Gasteiger partial charge in [0.05, 0.1) is 14.2 Å². The molecule has 0 N–H and O–H groups in total. The third-order valence-electron chi connectivity index (χ3n) is 2.93. The van der Waals surface area contributed by atoms with Gasteiger partial charge in [0.15, 0.2) is 0 Å². The van der Waals surface area contributed by atoms with Crippen molar-refractivity contribution in [3.63, 3.8) is 0 Å². The van der Waals surface area contributed by atoms with E-state index in [2.05, 4.69) is 9.47 Å². The predicted molar refractivity (Wildman–Crippen MR) is 72.1 cm³/mol. The summed E-state index contributed by atoms with van der Waals surface area (Å²) in [4.78, 5) is 36.8. The van der Waals surface area contributed by atoms with Crippen LogP contribution in [0.1, 0.15) is 5.56 Å². The zero-order valence-electron chi connectivity index (χ0n) is 11.9. The molecule has 0 aliphatic heterocycles. The number of methoxy groups -OCH3 is 2. The van der Waals surface area contributed by atoms with Crippen LogP contribution in [0.2, 0.25) is 0 Å². The number of aryl methyl sites for hydroxylation is 1. The highest BCUT2D eigenvalue weighted by atomic mass is 16.5. The maximum Gasteiger partial charge on any atom is 0.329 e. The number of carbonyl (C=O) groups excluding carboxylic acids is 3. The first-order chi connectivity index (χ1) is 9.43. The molecule has 0 atom stereocenters. The van der Waals surface area contributed by atoms with Gasteiger partial charge in [0.2, 0.25) is 5.92 Å². The molecule has 0 saturated carbocycles. The second-order valence-corrected chi connectivity index (χ2v) is 4.16. The lowest BCUT2D eigenvalue weighted by molar-refractivity contribution is -0.161. The van der Waals surface area contributed by atoms with E-state index in [9.17, 15) is 14.4 Å². The largest absolute Gasteiger partial charge is 0.468 e. The van der Waals surface area contributed by atoms with Gasteiger partial charge in [-0.15, -0.1) is 0 Å². The molecule has 6 heteroatoms. The summed E-state index contributed by atoms with van der Waals surface area (Å²) in [5, 5.41) is 0. The topological polar surface area (TPSA) is 72.9 Å². The van der Waals surface area contributed by atoms with Crippen molar-refractivity contribution in [1.29, 1.82) is 0 Å². The SMILES string of the molecule is COC(=O)C(C(=O)OC)C(=O)N(C)c1ccccc1C. The van der Waals surface area contributed by atoms with Gasteiger partial charge < -0.3 is 14.4 Å². The van der Waals surface area contributed by atoms with E-state index >= 15 is 0 Å². The van der Waals surface area contributed by atoms with Gasteiger partial charge in [0, 0.05) is 12.7 Å².